The van der Waals surface area contributed by atoms with Gasteiger partial charge in [-0.1, -0.05) is 6.42 Å². The number of carboxylic acid groups (broad SMARTS) is 1. The van der Waals surface area contributed by atoms with Gasteiger partial charge in [0.25, 0.3) is 0 Å². The molecule has 7 heteroatoms. The lowest BCUT2D eigenvalue weighted by atomic mass is 9.84. The highest BCUT2D eigenvalue weighted by molar-refractivity contribution is 5.73. The molecule has 2 unspecified atom stereocenters. The summed E-state index contributed by atoms with van der Waals surface area (Å²) in [5.41, 5.74) is -1.07. The zero-order chi connectivity index (χ0) is 18.2. The molecule has 0 saturated carbocycles. The number of hydrogen-bond acceptors (Lipinski definition) is 5. The molecule has 0 aliphatic carbocycles. The minimum absolute atomic E-state index is 0.0372. The second kappa shape index (κ2) is 6.76. The van der Waals surface area contributed by atoms with Crippen LogP contribution in [0.15, 0.2) is 0 Å². The van der Waals surface area contributed by atoms with Crippen LogP contribution in [0.25, 0.3) is 0 Å². The van der Waals surface area contributed by atoms with Gasteiger partial charge in [-0.25, -0.2) is 4.79 Å². The summed E-state index contributed by atoms with van der Waals surface area (Å²) < 4.78 is 5.40. The molecule has 3 aliphatic heterocycles. The van der Waals surface area contributed by atoms with Crippen molar-refractivity contribution in [3.8, 4) is 0 Å². The van der Waals surface area contributed by atoms with Crippen LogP contribution in [0.4, 0.5) is 4.79 Å². The standard InChI is InChI=1S/C18H31N3O4/c1-17(2,3)25-16(24)21-11-18(12-21,10-15(22)23)19-13-7-9-20-8-5-4-6-14(13)20/h13-14,19H,4-12H2,1-3H3,(H,22,23). The van der Waals surface area contributed by atoms with Crippen molar-refractivity contribution in [3.63, 3.8) is 0 Å². The van der Waals surface area contributed by atoms with Crippen LogP contribution in [0.5, 0.6) is 0 Å². The van der Waals surface area contributed by atoms with E-state index in [-0.39, 0.29) is 12.5 Å². The molecule has 142 valence electrons. The van der Waals surface area contributed by atoms with E-state index in [1.54, 1.807) is 4.90 Å². The maximum absolute atomic E-state index is 12.2. The lowest BCUT2D eigenvalue weighted by Crippen LogP contribution is -2.73. The van der Waals surface area contributed by atoms with Crippen molar-refractivity contribution in [2.24, 2.45) is 0 Å². The summed E-state index contributed by atoms with van der Waals surface area (Å²) in [5.74, 6) is -0.824. The van der Waals surface area contributed by atoms with E-state index >= 15 is 0 Å². The zero-order valence-corrected chi connectivity index (χ0v) is 15.6. The fourth-order valence-corrected chi connectivity index (χ4v) is 4.49. The average Bonchev–Trinajstić information content (AvgIpc) is 2.85. The second-order valence-corrected chi connectivity index (χ2v) is 8.83. The van der Waals surface area contributed by atoms with E-state index in [1.807, 2.05) is 20.8 Å². The maximum Gasteiger partial charge on any atom is 0.410 e. The van der Waals surface area contributed by atoms with Crippen LogP contribution in [0.3, 0.4) is 0 Å². The first-order valence-electron chi connectivity index (χ1n) is 9.39. The Balaban J connectivity index is 1.61. The Morgan fingerprint density at radius 1 is 1.20 bits per heavy atom. The van der Waals surface area contributed by atoms with Gasteiger partial charge in [-0.2, -0.15) is 0 Å². The molecule has 3 aliphatic rings. The van der Waals surface area contributed by atoms with Crippen LogP contribution < -0.4 is 5.32 Å². The van der Waals surface area contributed by atoms with Gasteiger partial charge < -0.3 is 20.1 Å². The van der Waals surface area contributed by atoms with Crippen LogP contribution >= 0.6 is 0 Å². The molecule has 25 heavy (non-hydrogen) atoms. The average molecular weight is 353 g/mol. The quantitative estimate of drug-likeness (QED) is 0.800. The van der Waals surface area contributed by atoms with Crippen molar-refractivity contribution >= 4 is 12.1 Å². The molecule has 0 aromatic carbocycles. The Labute approximate surface area is 149 Å². The molecule has 1 amide bonds. The highest BCUT2D eigenvalue weighted by Gasteiger charge is 2.50. The number of carboxylic acids is 1. The molecule has 7 nitrogen and oxygen atoms in total. The van der Waals surface area contributed by atoms with Gasteiger partial charge in [-0.3, -0.25) is 9.69 Å². The molecule has 0 aromatic rings. The van der Waals surface area contributed by atoms with E-state index in [4.69, 9.17) is 4.74 Å². The number of nitrogens with zero attached hydrogens (tertiary/aromatic N) is 2. The Hall–Kier alpha value is -1.34. The SMILES string of the molecule is CC(C)(C)OC(=O)N1CC(CC(=O)O)(NC2CCN3CCCCC23)C1. The number of hydrogen-bond donors (Lipinski definition) is 2. The highest BCUT2D eigenvalue weighted by atomic mass is 16.6. The van der Waals surface area contributed by atoms with Crippen LogP contribution in [-0.4, -0.2) is 76.4 Å². The predicted molar refractivity (Wildman–Crippen MR) is 93.5 cm³/mol. The number of rotatable bonds is 4. The molecular weight excluding hydrogens is 322 g/mol. The maximum atomic E-state index is 12.2. The predicted octanol–water partition coefficient (Wildman–Crippen LogP) is 1.67. The molecule has 2 atom stereocenters. The lowest BCUT2D eigenvalue weighted by Gasteiger charge is -2.51. The van der Waals surface area contributed by atoms with Gasteiger partial charge in [0.2, 0.25) is 0 Å². The molecule has 0 aromatic heterocycles. The molecule has 0 bridgehead atoms. The molecule has 0 spiro atoms. The fourth-order valence-electron chi connectivity index (χ4n) is 4.49. The molecule has 3 rings (SSSR count). The minimum atomic E-state index is -0.824. The monoisotopic (exact) mass is 353 g/mol. The number of nitrogens with one attached hydrogen (secondary N) is 1. The van der Waals surface area contributed by atoms with E-state index in [0.717, 1.165) is 19.5 Å². The smallest absolute Gasteiger partial charge is 0.410 e. The Morgan fingerprint density at radius 2 is 1.92 bits per heavy atom. The van der Waals surface area contributed by atoms with Gasteiger partial charge in [0.1, 0.15) is 5.60 Å². The third kappa shape index (κ3) is 4.26. The van der Waals surface area contributed by atoms with Crippen LogP contribution in [-0.2, 0) is 9.53 Å². The number of carbonyl (C=O) groups excluding carboxylic acids is 1. The van der Waals surface area contributed by atoms with E-state index in [0.29, 0.717) is 25.2 Å². The van der Waals surface area contributed by atoms with Crippen LogP contribution in [0, 0.1) is 0 Å². The summed E-state index contributed by atoms with van der Waals surface area (Å²) in [4.78, 5) is 27.7. The van der Waals surface area contributed by atoms with Gasteiger partial charge in [0.15, 0.2) is 0 Å². The Bertz CT molecular complexity index is 525. The summed E-state index contributed by atoms with van der Waals surface area (Å²) in [6.45, 7) is 8.55. The normalized spacial score (nSPS) is 29.0. The number of piperidine rings is 1. The first-order chi connectivity index (χ1) is 11.7. The molecule has 2 N–H and O–H groups in total. The van der Waals surface area contributed by atoms with Crippen molar-refractivity contribution in [2.75, 3.05) is 26.2 Å². The van der Waals surface area contributed by atoms with Gasteiger partial charge in [0, 0.05) is 31.7 Å². The van der Waals surface area contributed by atoms with Gasteiger partial charge in [-0.05, 0) is 46.6 Å². The van der Waals surface area contributed by atoms with Crippen molar-refractivity contribution in [1.29, 1.82) is 0 Å². The molecule has 3 fully saturated rings. The lowest BCUT2D eigenvalue weighted by molar-refractivity contribution is -0.141. The molecule has 0 radical (unpaired) electrons. The van der Waals surface area contributed by atoms with Crippen LogP contribution in [0.1, 0.15) is 52.9 Å². The molecular formula is C18H31N3O4. The highest BCUT2D eigenvalue weighted by Crippen LogP contribution is 2.33. The van der Waals surface area contributed by atoms with E-state index in [2.05, 4.69) is 10.2 Å². The summed E-state index contributed by atoms with van der Waals surface area (Å²) in [7, 11) is 0. The van der Waals surface area contributed by atoms with E-state index in [1.165, 1.54) is 19.3 Å². The van der Waals surface area contributed by atoms with Crippen molar-refractivity contribution in [3.05, 3.63) is 0 Å². The Morgan fingerprint density at radius 3 is 2.56 bits per heavy atom. The van der Waals surface area contributed by atoms with Crippen LogP contribution in [0.2, 0.25) is 0 Å². The van der Waals surface area contributed by atoms with Gasteiger partial charge in [-0.15, -0.1) is 0 Å². The van der Waals surface area contributed by atoms with Crippen molar-refractivity contribution in [1.82, 2.24) is 15.1 Å². The summed E-state index contributed by atoms with van der Waals surface area (Å²) in [6.07, 6.45) is 4.41. The topological polar surface area (TPSA) is 82.1 Å². The summed E-state index contributed by atoms with van der Waals surface area (Å²) in [5, 5.41) is 13.0. The molecule has 3 heterocycles. The van der Waals surface area contributed by atoms with Gasteiger partial charge in [0.05, 0.1) is 12.0 Å². The summed E-state index contributed by atoms with van der Waals surface area (Å²) in [6, 6.07) is 0.829. The van der Waals surface area contributed by atoms with E-state index in [9.17, 15) is 14.7 Å². The number of likely N-dealkylation sites (tertiary alicyclic amines) is 1. The third-order valence-corrected chi connectivity index (χ3v) is 5.48. The zero-order valence-electron chi connectivity index (χ0n) is 15.6. The Kier molecular flexibility index (Phi) is 4.99. The number of amides is 1. The minimum Gasteiger partial charge on any atom is -0.481 e. The van der Waals surface area contributed by atoms with Crippen molar-refractivity contribution in [2.45, 2.75) is 76.1 Å². The van der Waals surface area contributed by atoms with Gasteiger partial charge >= 0.3 is 12.1 Å². The third-order valence-electron chi connectivity index (χ3n) is 5.48. The number of fused-ring (bicyclic) bond motifs is 1. The fraction of sp³-hybridized carbons (Fsp3) is 0.889. The number of carbonyl (C=O) groups is 2. The first-order valence-corrected chi connectivity index (χ1v) is 9.39. The summed E-state index contributed by atoms with van der Waals surface area (Å²) >= 11 is 0. The number of aliphatic carboxylic acids is 1. The van der Waals surface area contributed by atoms with E-state index < -0.39 is 17.1 Å². The second-order valence-electron chi connectivity index (χ2n) is 8.83. The number of ether oxygens (including phenoxy) is 1. The van der Waals surface area contributed by atoms with Crippen molar-refractivity contribution < 1.29 is 19.4 Å². The first kappa shape index (κ1) is 18.5. The molecule has 3 saturated heterocycles. The largest absolute Gasteiger partial charge is 0.481 e.